The standard InChI is InChI=1S/C29H46O3/c1-18(2)8-7-9-19(3)21-11-12-22-20-10-13-24-28(5,23(20)14-16-27(21,22)4)17-15-25(30)29(24,6)26(31)32/h8,19,21-22,24-25,30H,7,9-17H2,1-6H3,(H,31,32). The molecule has 2 N–H and O–H groups in total. The van der Waals surface area contributed by atoms with E-state index in [1.54, 1.807) is 11.1 Å². The van der Waals surface area contributed by atoms with Crippen LogP contribution in [0.4, 0.5) is 0 Å². The highest BCUT2D eigenvalue weighted by Gasteiger charge is 2.62. The Bertz CT molecular complexity index is 820. The Morgan fingerprint density at radius 2 is 1.81 bits per heavy atom. The van der Waals surface area contributed by atoms with Crippen molar-refractivity contribution < 1.29 is 15.0 Å². The van der Waals surface area contributed by atoms with Gasteiger partial charge in [-0.3, -0.25) is 4.79 Å². The van der Waals surface area contributed by atoms with Gasteiger partial charge in [0, 0.05) is 0 Å². The summed E-state index contributed by atoms with van der Waals surface area (Å²) in [5.74, 6) is 1.48. The van der Waals surface area contributed by atoms with Crippen molar-refractivity contribution in [1.82, 2.24) is 0 Å². The molecular formula is C29H46O3. The molecule has 0 saturated heterocycles. The van der Waals surface area contributed by atoms with Gasteiger partial charge in [-0.1, -0.05) is 43.6 Å². The lowest BCUT2D eigenvalue weighted by atomic mass is 9.45. The number of allylic oxidation sites excluding steroid dienone is 4. The van der Waals surface area contributed by atoms with Crippen LogP contribution in [0.3, 0.4) is 0 Å². The molecule has 0 spiro atoms. The molecule has 3 heteroatoms. The Labute approximate surface area is 195 Å². The number of carboxylic acids is 1. The summed E-state index contributed by atoms with van der Waals surface area (Å²) < 4.78 is 0. The minimum absolute atomic E-state index is 0.0413. The Kier molecular flexibility index (Phi) is 6.23. The minimum Gasteiger partial charge on any atom is -0.481 e. The number of hydrogen-bond acceptors (Lipinski definition) is 2. The maximum absolute atomic E-state index is 12.3. The van der Waals surface area contributed by atoms with Crippen molar-refractivity contribution in [2.24, 2.45) is 39.9 Å². The van der Waals surface area contributed by atoms with E-state index in [2.05, 4.69) is 40.7 Å². The monoisotopic (exact) mass is 442 g/mol. The molecule has 0 aromatic heterocycles. The van der Waals surface area contributed by atoms with Gasteiger partial charge in [-0.25, -0.2) is 0 Å². The predicted molar refractivity (Wildman–Crippen MR) is 130 cm³/mol. The van der Waals surface area contributed by atoms with Crippen molar-refractivity contribution >= 4 is 5.97 Å². The van der Waals surface area contributed by atoms with Crippen LogP contribution < -0.4 is 0 Å². The van der Waals surface area contributed by atoms with Crippen LogP contribution in [-0.2, 0) is 4.79 Å². The van der Waals surface area contributed by atoms with Gasteiger partial charge >= 0.3 is 5.97 Å². The second-order valence-electron chi connectivity index (χ2n) is 12.7. The van der Waals surface area contributed by atoms with Crippen LogP contribution >= 0.6 is 0 Å². The van der Waals surface area contributed by atoms with E-state index >= 15 is 0 Å². The third kappa shape index (κ3) is 3.44. The van der Waals surface area contributed by atoms with Gasteiger partial charge in [0.05, 0.1) is 11.5 Å². The summed E-state index contributed by atoms with van der Waals surface area (Å²) in [7, 11) is 0. The van der Waals surface area contributed by atoms with Crippen molar-refractivity contribution in [2.45, 2.75) is 112 Å². The molecule has 180 valence electrons. The minimum atomic E-state index is -1.02. The zero-order valence-electron chi connectivity index (χ0n) is 21.3. The van der Waals surface area contributed by atoms with Crippen LogP contribution in [0, 0.1) is 39.9 Å². The SMILES string of the molecule is CC(C)=CCCC(C)C1CCC2C3=C(CCC21C)C1(C)CCC(O)C(C)(C(=O)O)C1CC3. The molecule has 0 aromatic rings. The summed E-state index contributed by atoms with van der Waals surface area (Å²) in [6.45, 7) is 13.6. The van der Waals surface area contributed by atoms with Crippen LogP contribution in [-0.4, -0.2) is 22.3 Å². The van der Waals surface area contributed by atoms with Gasteiger partial charge < -0.3 is 10.2 Å². The number of carbonyl (C=O) groups is 1. The van der Waals surface area contributed by atoms with Gasteiger partial charge in [0.2, 0.25) is 0 Å². The Morgan fingerprint density at radius 3 is 2.47 bits per heavy atom. The van der Waals surface area contributed by atoms with Gasteiger partial charge in [-0.05, 0) is 119 Å². The number of fused-ring (bicyclic) bond motifs is 4. The highest BCUT2D eigenvalue weighted by Crippen LogP contribution is 2.68. The summed E-state index contributed by atoms with van der Waals surface area (Å²) in [5, 5.41) is 20.9. The Balaban J connectivity index is 1.62. The highest BCUT2D eigenvalue weighted by atomic mass is 16.4. The van der Waals surface area contributed by atoms with E-state index in [1.165, 1.54) is 37.7 Å². The molecule has 4 aliphatic rings. The molecule has 2 saturated carbocycles. The first-order valence-electron chi connectivity index (χ1n) is 13.2. The first-order chi connectivity index (χ1) is 15.0. The molecule has 3 nitrogen and oxygen atoms in total. The fraction of sp³-hybridized carbons (Fsp3) is 0.828. The van der Waals surface area contributed by atoms with Gasteiger partial charge in [0.15, 0.2) is 0 Å². The molecule has 0 amide bonds. The summed E-state index contributed by atoms with van der Waals surface area (Å²) in [6.07, 6.45) is 12.7. The highest BCUT2D eigenvalue weighted by molar-refractivity contribution is 5.76. The molecule has 4 rings (SSSR count). The first kappa shape index (κ1) is 24.0. The topological polar surface area (TPSA) is 57.5 Å². The molecule has 0 heterocycles. The average molecular weight is 443 g/mol. The molecule has 0 radical (unpaired) electrons. The molecular weight excluding hydrogens is 396 g/mol. The number of carboxylic acid groups (broad SMARTS) is 1. The number of aliphatic hydroxyl groups is 1. The first-order valence-corrected chi connectivity index (χ1v) is 13.2. The zero-order chi connectivity index (χ0) is 23.5. The van der Waals surface area contributed by atoms with E-state index in [0.717, 1.165) is 37.5 Å². The zero-order valence-corrected chi connectivity index (χ0v) is 21.3. The molecule has 4 aliphatic carbocycles. The van der Waals surface area contributed by atoms with Gasteiger partial charge in [-0.2, -0.15) is 0 Å². The van der Waals surface area contributed by atoms with E-state index < -0.39 is 17.5 Å². The van der Waals surface area contributed by atoms with Gasteiger partial charge in [0.25, 0.3) is 0 Å². The quantitative estimate of drug-likeness (QED) is 0.444. The van der Waals surface area contributed by atoms with Crippen molar-refractivity contribution in [2.75, 3.05) is 0 Å². The Morgan fingerprint density at radius 1 is 1.09 bits per heavy atom. The lowest BCUT2D eigenvalue weighted by Crippen LogP contribution is -2.58. The molecule has 32 heavy (non-hydrogen) atoms. The third-order valence-corrected chi connectivity index (χ3v) is 11.0. The molecule has 0 aliphatic heterocycles. The van der Waals surface area contributed by atoms with Crippen LogP contribution in [0.15, 0.2) is 22.8 Å². The van der Waals surface area contributed by atoms with E-state index in [-0.39, 0.29) is 11.3 Å². The lowest BCUT2D eigenvalue weighted by Gasteiger charge is -2.59. The molecule has 8 unspecified atom stereocenters. The second kappa shape index (κ2) is 8.29. The Hall–Kier alpha value is -1.09. The van der Waals surface area contributed by atoms with Crippen LogP contribution in [0.5, 0.6) is 0 Å². The van der Waals surface area contributed by atoms with Gasteiger partial charge in [0.1, 0.15) is 0 Å². The fourth-order valence-electron chi connectivity index (χ4n) is 9.08. The molecule has 8 atom stereocenters. The normalized spacial score (nSPS) is 44.3. The average Bonchev–Trinajstić information content (AvgIpc) is 3.08. The van der Waals surface area contributed by atoms with E-state index in [9.17, 15) is 15.0 Å². The van der Waals surface area contributed by atoms with Crippen molar-refractivity contribution in [3.05, 3.63) is 22.8 Å². The van der Waals surface area contributed by atoms with Crippen molar-refractivity contribution in [1.29, 1.82) is 0 Å². The summed E-state index contributed by atoms with van der Waals surface area (Å²) in [6, 6.07) is 0. The summed E-state index contributed by atoms with van der Waals surface area (Å²) in [4.78, 5) is 12.3. The van der Waals surface area contributed by atoms with Crippen molar-refractivity contribution in [3.8, 4) is 0 Å². The second-order valence-corrected chi connectivity index (χ2v) is 12.7. The number of rotatable bonds is 5. The maximum atomic E-state index is 12.3. The lowest BCUT2D eigenvalue weighted by molar-refractivity contribution is -0.175. The van der Waals surface area contributed by atoms with Crippen LogP contribution in [0.1, 0.15) is 106 Å². The molecule has 0 aromatic carbocycles. The summed E-state index contributed by atoms with van der Waals surface area (Å²) in [5.41, 5.74) is 4.06. The van der Waals surface area contributed by atoms with E-state index in [4.69, 9.17) is 0 Å². The van der Waals surface area contributed by atoms with Crippen molar-refractivity contribution in [3.63, 3.8) is 0 Å². The maximum Gasteiger partial charge on any atom is 0.312 e. The molecule has 0 bridgehead atoms. The van der Waals surface area contributed by atoms with Crippen LogP contribution in [0.2, 0.25) is 0 Å². The largest absolute Gasteiger partial charge is 0.481 e. The number of hydrogen-bond donors (Lipinski definition) is 2. The van der Waals surface area contributed by atoms with E-state index in [0.29, 0.717) is 17.8 Å². The smallest absolute Gasteiger partial charge is 0.312 e. The fourth-order valence-corrected chi connectivity index (χ4v) is 9.08. The third-order valence-electron chi connectivity index (χ3n) is 11.0. The van der Waals surface area contributed by atoms with Gasteiger partial charge in [-0.15, -0.1) is 0 Å². The summed E-state index contributed by atoms with van der Waals surface area (Å²) >= 11 is 0. The number of aliphatic carboxylic acids is 1. The van der Waals surface area contributed by atoms with Crippen LogP contribution in [0.25, 0.3) is 0 Å². The van der Waals surface area contributed by atoms with E-state index in [1.807, 2.05) is 6.92 Å². The molecule has 2 fully saturated rings. The predicted octanol–water partition coefficient (Wildman–Crippen LogP) is 7.15. The number of aliphatic hydroxyl groups excluding tert-OH is 1.